The molecule has 1 aliphatic rings. The van der Waals surface area contributed by atoms with Crippen LogP contribution in [0.4, 0.5) is 5.69 Å². The van der Waals surface area contributed by atoms with Crippen LogP contribution in [0.25, 0.3) is 10.9 Å². The number of carbonyl (C=O) groups is 1. The quantitative estimate of drug-likeness (QED) is 0.175. The molecule has 1 saturated carbocycles. The molecular weight excluding hydrogens is 700 g/mol. The number of fused-ring (bicyclic) bond motifs is 1. The van der Waals surface area contributed by atoms with E-state index in [-0.39, 0.29) is 34.8 Å². The molecule has 224 valence electrons. The van der Waals surface area contributed by atoms with E-state index in [9.17, 15) is 9.59 Å². The van der Waals surface area contributed by atoms with Gasteiger partial charge in [0.2, 0.25) is 0 Å². The van der Waals surface area contributed by atoms with E-state index < -0.39 is 0 Å². The van der Waals surface area contributed by atoms with Crippen LogP contribution < -0.4 is 20.3 Å². The number of hydrogen-bond acceptors (Lipinski definition) is 6. The lowest BCUT2D eigenvalue weighted by molar-refractivity contribution is -0.118. The fourth-order valence-electron chi connectivity index (χ4n) is 5.09. The van der Waals surface area contributed by atoms with Crippen molar-refractivity contribution >= 4 is 72.2 Å². The maximum Gasteiger partial charge on any atom is 0.282 e. The summed E-state index contributed by atoms with van der Waals surface area (Å²) in [6.45, 7) is 3.89. The highest BCUT2D eigenvalue weighted by atomic mass is 79.9. The van der Waals surface area contributed by atoms with Crippen molar-refractivity contribution in [3.05, 3.63) is 89.8 Å². The van der Waals surface area contributed by atoms with Gasteiger partial charge in [0.05, 0.1) is 23.7 Å². The fourth-order valence-corrected chi connectivity index (χ4v) is 6.10. The number of rotatable bonds is 9. The normalized spacial score (nSPS) is 13.9. The van der Waals surface area contributed by atoms with Gasteiger partial charge in [0.15, 0.2) is 18.1 Å². The summed E-state index contributed by atoms with van der Waals surface area (Å²) >= 11 is 13.7. The van der Waals surface area contributed by atoms with Gasteiger partial charge in [-0.3, -0.25) is 9.59 Å². The van der Waals surface area contributed by atoms with Crippen molar-refractivity contribution in [2.24, 2.45) is 5.10 Å². The Balaban J connectivity index is 1.47. The number of carbonyl (C=O) groups excluding carboxylic acids is 1. The Labute approximate surface area is 271 Å². The van der Waals surface area contributed by atoms with E-state index in [2.05, 4.69) is 42.3 Å². The number of benzene rings is 3. The molecule has 43 heavy (non-hydrogen) atoms. The molecule has 1 amide bonds. The van der Waals surface area contributed by atoms with Crippen LogP contribution in [-0.2, 0) is 4.79 Å². The smallest absolute Gasteiger partial charge is 0.282 e. The van der Waals surface area contributed by atoms with Gasteiger partial charge in [-0.25, -0.2) is 4.98 Å². The summed E-state index contributed by atoms with van der Waals surface area (Å²) in [5.41, 5.74) is 2.74. The zero-order valence-corrected chi connectivity index (χ0v) is 27.8. The number of aromatic nitrogens is 2. The van der Waals surface area contributed by atoms with Crippen LogP contribution >= 0.6 is 43.5 Å². The Morgan fingerprint density at radius 3 is 2.58 bits per heavy atom. The Bertz CT molecular complexity index is 1730. The second-order valence-corrected chi connectivity index (χ2v) is 12.5. The number of amides is 1. The van der Waals surface area contributed by atoms with Gasteiger partial charge in [-0.15, -0.1) is 0 Å². The van der Waals surface area contributed by atoms with E-state index in [1.165, 1.54) is 11.1 Å². The monoisotopic (exact) mass is 728 g/mol. The van der Waals surface area contributed by atoms with E-state index in [1.54, 1.807) is 18.3 Å². The van der Waals surface area contributed by atoms with Gasteiger partial charge in [-0.2, -0.15) is 9.78 Å². The van der Waals surface area contributed by atoms with Crippen LogP contribution in [0.3, 0.4) is 0 Å². The average molecular weight is 731 g/mol. The molecule has 0 atom stereocenters. The lowest BCUT2D eigenvalue weighted by atomic mass is 9.88. The highest BCUT2D eigenvalue weighted by Gasteiger charge is 2.23. The Hall–Kier alpha value is -3.21. The number of nitrogens with zero attached hydrogens (tertiary/aromatic N) is 3. The molecule has 0 radical (unpaired) electrons. The van der Waals surface area contributed by atoms with E-state index in [1.807, 2.05) is 50.2 Å². The van der Waals surface area contributed by atoms with Crippen molar-refractivity contribution < 1.29 is 14.3 Å². The lowest BCUT2D eigenvalue weighted by Crippen LogP contribution is -2.25. The minimum atomic E-state index is -0.339. The Kier molecular flexibility index (Phi) is 10.2. The van der Waals surface area contributed by atoms with Gasteiger partial charge in [-0.1, -0.05) is 64.5 Å². The largest absolute Gasteiger partial charge is 0.490 e. The number of aryl methyl sites for hydroxylation is 1. The summed E-state index contributed by atoms with van der Waals surface area (Å²) in [6.07, 6.45) is 6.83. The third kappa shape index (κ3) is 7.30. The minimum Gasteiger partial charge on any atom is -0.490 e. The fraction of sp³-hybridized carbons (Fsp3) is 0.312. The molecule has 1 fully saturated rings. The maximum absolute atomic E-state index is 13.7. The Morgan fingerprint density at radius 1 is 1.12 bits per heavy atom. The highest BCUT2D eigenvalue weighted by molar-refractivity contribution is 9.10. The second kappa shape index (κ2) is 14.1. The third-order valence-electron chi connectivity index (χ3n) is 7.25. The molecule has 1 aliphatic carbocycles. The lowest BCUT2D eigenvalue weighted by Gasteiger charge is -2.23. The SMILES string of the molecule is CCOc1cc(C=Nn2c(C3CCCCC3)nc3ccc(Br)cc3c2=O)c(Br)c(Cl)c1OCC(=O)Nc1ccc(C)cc1. The molecule has 1 aromatic heterocycles. The van der Waals surface area contributed by atoms with Gasteiger partial charge < -0.3 is 14.8 Å². The van der Waals surface area contributed by atoms with Crippen LogP contribution in [0, 0.1) is 6.92 Å². The standard InChI is InChI=1S/C32H31Br2ClN4O4/c1-3-42-26-15-21(28(34)29(35)30(26)43-18-27(40)37-23-12-9-19(2)10-13-23)17-36-39-31(20-7-5-4-6-8-20)38-25-14-11-22(33)16-24(25)32(39)41/h9-17,20H,3-8,18H2,1-2H3,(H,37,40). The third-order valence-corrected chi connectivity index (χ3v) is 9.19. The van der Waals surface area contributed by atoms with Crippen molar-refractivity contribution in [1.82, 2.24) is 9.66 Å². The predicted molar refractivity (Wildman–Crippen MR) is 178 cm³/mol. The summed E-state index contributed by atoms with van der Waals surface area (Å²) < 4.78 is 14.4. The summed E-state index contributed by atoms with van der Waals surface area (Å²) in [5.74, 6) is 1.03. The van der Waals surface area contributed by atoms with Crippen LogP contribution in [-0.4, -0.2) is 35.0 Å². The van der Waals surface area contributed by atoms with Crippen molar-refractivity contribution in [1.29, 1.82) is 0 Å². The first kappa shape index (κ1) is 31.2. The molecule has 0 spiro atoms. The van der Waals surface area contributed by atoms with E-state index >= 15 is 0 Å². The van der Waals surface area contributed by atoms with Crippen LogP contribution in [0.5, 0.6) is 11.5 Å². The summed E-state index contributed by atoms with van der Waals surface area (Å²) in [6, 6.07) is 14.7. The van der Waals surface area contributed by atoms with Crippen LogP contribution in [0.1, 0.15) is 61.9 Å². The van der Waals surface area contributed by atoms with Gasteiger partial charge in [0, 0.05) is 26.1 Å². The van der Waals surface area contributed by atoms with Crippen molar-refractivity contribution in [2.45, 2.75) is 51.9 Å². The first-order valence-corrected chi connectivity index (χ1v) is 16.1. The summed E-state index contributed by atoms with van der Waals surface area (Å²) in [5, 5.41) is 8.15. The number of nitrogens with one attached hydrogen (secondary N) is 1. The molecule has 4 aromatic rings. The molecule has 1 heterocycles. The zero-order chi connectivity index (χ0) is 30.5. The van der Waals surface area contributed by atoms with Crippen LogP contribution in [0.2, 0.25) is 5.02 Å². The predicted octanol–water partition coefficient (Wildman–Crippen LogP) is 8.23. The first-order valence-electron chi connectivity index (χ1n) is 14.2. The molecule has 0 aliphatic heterocycles. The topological polar surface area (TPSA) is 94.8 Å². The van der Waals surface area contributed by atoms with Gasteiger partial charge >= 0.3 is 0 Å². The average Bonchev–Trinajstić information content (AvgIpc) is 3.00. The molecule has 0 saturated heterocycles. The maximum atomic E-state index is 13.7. The van der Waals surface area contributed by atoms with Crippen molar-refractivity contribution in [3.63, 3.8) is 0 Å². The number of hydrogen-bond donors (Lipinski definition) is 1. The summed E-state index contributed by atoms with van der Waals surface area (Å²) in [7, 11) is 0. The molecule has 0 bridgehead atoms. The van der Waals surface area contributed by atoms with E-state index in [0.29, 0.717) is 44.8 Å². The number of anilines is 1. The zero-order valence-electron chi connectivity index (χ0n) is 23.8. The summed E-state index contributed by atoms with van der Waals surface area (Å²) in [4.78, 5) is 31.2. The molecule has 5 rings (SSSR count). The Morgan fingerprint density at radius 2 is 1.86 bits per heavy atom. The molecule has 8 nitrogen and oxygen atoms in total. The second-order valence-electron chi connectivity index (χ2n) is 10.4. The molecule has 11 heteroatoms. The van der Waals surface area contributed by atoms with Crippen molar-refractivity contribution in [2.75, 3.05) is 18.5 Å². The molecular formula is C32H31Br2ClN4O4. The minimum absolute atomic E-state index is 0.138. The van der Waals surface area contributed by atoms with Gasteiger partial charge in [0.25, 0.3) is 11.5 Å². The van der Waals surface area contributed by atoms with Gasteiger partial charge in [0.1, 0.15) is 10.8 Å². The number of ether oxygens (including phenoxy) is 2. The van der Waals surface area contributed by atoms with Crippen LogP contribution in [0.15, 0.2) is 67.4 Å². The first-order chi connectivity index (χ1) is 20.7. The molecule has 1 N–H and O–H groups in total. The van der Waals surface area contributed by atoms with Crippen molar-refractivity contribution in [3.8, 4) is 11.5 Å². The van der Waals surface area contributed by atoms with E-state index in [0.717, 1.165) is 35.7 Å². The highest BCUT2D eigenvalue weighted by Crippen LogP contribution is 2.42. The molecule has 3 aromatic carbocycles. The number of halogens is 3. The van der Waals surface area contributed by atoms with Gasteiger partial charge in [-0.05, 0) is 79.0 Å². The molecule has 0 unspecified atom stereocenters. The van der Waals surface area contributed by atoms with E-state index in [4.69, 9.17) is 26.1 Å².